The van der Waals surface area contributed by atoms with Gasteiger partial charge in [0.25, 0.3) is 0 Å². The molecular weight excluding hydrogens is 362 g/mol. The Hall–Kier alpha value is -3.10. The monoisotopic (exact) mass is 387 g/mol. The van der Waals surface area contributed by atoms with Crippen LogP contribution >= 0.6 is 0 Å². The SMILES string of the molecule is COC(=O)c1c(NC(C)=O)c2cc(NC3CCN(C(C)=O)CC3)cnc2n1C. The maximum atomic E-state index is 12.2. The molecule has 1 aliphatic heterocycles. The molecule has 3 rings (SSSR count). The number of hydrogen-bond donors (Lipinski definition) is 2. The molecule has 0 unspecified atom stereocenters. The van der Waals surface area contributed by atoms with E-state index in [9.17, 15) is 14.4 Å². The first kappa shape index (κ1) is 19.7. The maximum absolute atomic E-state index is 12.2. The van der Waals surface area contributed by atoms with Crippen molar-refractivity contribution < 1.29 is 19.1 Å². The molecule has 0 radical (unpaired) electrons. The van der Waals surface area contributed by atoms with Crippen LogP contribution in [0.5, 0.6) is 0 Å². The zero-order valence-corrected chi connectivity index (χ0v) is 16.5. The van der Waals surface area contributed by atoms with Gasteiger partial charge in [-0.05, 0) is 18.9 Å². The summed E-state index contributed by atoms with van der Waals surface area (Å²) in [5.74, 6) is -0.732. The highest BCUT2D eigenvalue weighted by atomic mass is 16.5. The number of pyridine rings is 1. The van der Waals surface area contributed by atoms with Gasteiger partial charge in [0.05, 0.1) is 24.7 Å². The number of aryl methyl sites for hydroxylation is 1. The van der Waals surface area contributed by atoms with Crippen LogP contribution in [0, 0.1) is 0 Å². The van der Waals surface area contributed by atoms with E-state index in [0.29, 0.717) is 16.7 Å². The Morgan fingerprint density at radius 2 is 1.89 bits per heavy atom. The summed E-state index contributed by atoms with van der Waals surface area (Å²) in [7, 11) is 3.00. The molecule has 2 N–H and O–H groups in total. The summed E-state index contributed by atoms with van der Waals surface area (Å²) < 4.78 is 6.48. The molecule has 0 spiro atoms. The average molecular weight is 387 g/mol. The molecular formula is C19H25N5O4. The van der Waals surface area contributed by atoms with E-state index >= 15 is 0 Å². The molecule has 0 atom stereocenters. The highest BCUT2D eigenvalue weighted by molar-refractivity contribution is 6.10. The van der Waals surface area contributed by atoms with Crippen molar-refractivity contribution in [3.05, 3.63) is 18.0 Å². The molecule has 0 aromatic carbocycles. The van der Waals surface area contributed by atoms with Crippen LogP contribution in [0.25, 0.3) is 11.0 Å². The van der Waals surface area contributed by atoms with Gasteiger partial charge in [-0.1, -0.05) is 0 Å². The lowest BCUT2D eigenvalue weighted by Gasteiger charge is -2.32. The number of carbonyl (C=O) groups is 3. The van der Waals surface area contributed by atoms with Crippen LogP contribution in [-0.4, -0.2) is 58.5 Å². The van der Waals surface area contributed by atoms with Crippen molar-refractivity contribution in [1.29, 1.82) is 0 Å². The molecule has 1 aliphatic rings. The van der Waals surface area contributed by atoms with E-state index in [1.807, 2.05) is 11.0 Å². The number of fused-ring (bicyclic) bond motifs is 1. The Morgan fingerprint density at radius 1 is 1.21 bits per heavy atom. The molecule has 0 saturated carbocycles. The standard InChI is InChI=1S/C19H25N5O4/c1-11(25)21-16-15-9-14(22-13-5-7-24(8-6-13)12(2)26)10-20-18(15)23(3)17(16)19(27)28-4/h9-10,13,22H,5-8H2,1-4H3,(H,21,25). The van der Waals surface area contributed by atoms with Crippen LogP contribution in [0.2, 0.25) is 0 Å². The van der Waals surface area contributed by atoms with E-state index in [1.54, 1.807) is 24.7 Å². The lowest BCUT2D eigenvalue weighted by atomic mass is 10.0. The van der Waals surface area contributed by atoms with Crippen molar-refractivity contribution >= 4 is 40.2 Å². The summed E-state index contributed by atoms with van der Waals surface area (Å²) in [6.45, 7) is 4.41. The van der Waals surface area contributed by atoms with Crippen LogP contribution in [0.4, 0.5) is 11.4 Å². The molecule has 2 amide bonds. The van der Waals surface area contributed by atoms with Gasteiger partial charge < -0.3 is 24.8 Å². The van der Waals surface area contributed by atoms with Gasteiger partial charge in [0.15, 0.2) is 5.69 Å². The number of esters is 1. The van der Waals surface area contributed by atoms with E-state index in [0.717, 1.165) is 31.6 Å². The molecule has 1 saturated heterocycles. The minimum Gasteiger partial charge on any atom is -0.464 e. The van der Waals surface area contributed by atoms with Crippen LogP contribution in [-0.2, 0) is 21.4 Å². The highest BCUT2D eigenvalue weighted by Gasteiger charge is 2.25. The largest absolute Gasteiger partial charge is 0.464 e. The molecule has 9 nitrogen and oxygen atoms in total. The third-order valence-corrected chi connectivity index (χ3v) is 5.02. The summed E-state index contributed by atoms with van der Waals surface area (Å²) in [6, 6.07) is 2.10. The zero-order valence-electron chi connectivity index (χ0n) is 16.5. The zero-order chi connectivity index (χ0) is 20.4. The average Bonchev–Trinajstić information content (AvgIpc) is 2.92. The molecule has 3 heterocycles. The van der Waals surface area contributed by atoms with Gasteiger partial charge in [-0.25, -0.2) is 9.78 Å². The van der Waals surface area contributed by atoms with Crippen LogP contribution in [0.15, 0.2) is 12.3 Å². The van der Waals surface area contributed by atoms with Gasteiger partial charge in [-0.2, -0.15) is 0 Å². The number of nitrogens with one attached hydrogen (secondary N) is 2. The van der Waals surface area contributed by atoms with Gasteiger partial charge >= 0.3 is 5.97 Å². The van der Waals surface area contributed by atoms with Crippen molar-refractivity contribution in [3.8, 4) is 0 Å². The number of carbonyl (C=O) groups excluding carboxylic acids is 3. The lowest BCUT2D eigenvalue weighted by molar-refractivity contribution is -0.129. The van der Waals surface area contributed by atoms with Crippen molar-refractivity contribution in [2.45, 2.75) is 32.7 Å². The number of piperidine rings is 1. The predicted octanol–water partition coefficient (Wildman–Crippen LogP) is 1.74. The predicted molar refractivity (Wildman–Crippen MR) is 105 cm³/mol. The highest BCUT2D eigenvalue weighted by Crippen LogP contribution is 2.32. The molecule has 2 aromatic rings. The lowest BCUT2D eigenvalue weighted by Crippen LogP contribution is -2.41. The van der Waals surface area contributed by atoms with Gasteiger partial charge in [0.2, 0.25) is 11.8 Å². The second kappa shape index (κ2) is 7.87. The molecule has 2 aromatic heterocycles. The van der Waals surface area contributed by atoms with E-state index in [1.165, 1.54) is 14.0 Å². The first-order valence-electron chi connectivity index (χ1n) is 9.18. The summed E-state index contributed by atoms with van der Waals surface area (Å²) in [5.41, 5.74) is 2.00. The third-order valence-electron chi connectivity index (χ3n) is 5.02. The number of amides is 2. The number of nitrogens with zero attached hydrogens (tertiary/aromatic N) is 3. The van der Waals surface area contributed by atoms with Gasteiger partial charge in [0.1, 0.15) is 5.65 Å². The van der Waals surface area contributed by atoms with Crippen LogP contribution < -0.4 is 10.6 Å². The van der Waals surface area contributed by atoms with Crippen molar-refractivity contribution in [2.75, 3.05) is 30.8 Å². The summed E-state index contributed by atoms with van der Waals surface area (Å²) >= 11 is 0. The number of hydrogen-bond acceptors (Lipinski definition) is 6. The Labute approximate surface area is 163 Å². The van der Waals surface area contributed by atoms with Crippen LogP contribution in [0.1, 0.15) is 37.2 Å². The molecule has 0 bridgehead atoms. The second-order valence-corrected chi connectivity index (χ2v) is 6.98. The number of methoxy groups -OCH3 is 1. The van der Waals surface area contributed by atoms with Crippen molar-refractivity contribution in [2.24, 2.45) is 7.05 Å². The topological polar surface area (TPSA) is 106 Å². The summed E-state index contributed by atoms with van der Waals surface area (Å²) in [6.07, 6.45) is 3.40. The van der Waals surface area contributed by atoms with E-state index < -0.39 is 5.97 Å². The fourth-order valence-corrected chi connectivity index (χ4v) is 3.60. The smallest absolute Gasteiger partial charge is 0.356 e. The van der Waals surface area contributed by atoms with E-state index in [4.69, 9.17) is 4.74 Å². The molecule has 1 fully saturated rings. The van der Waals surface area contributed by atoms with E-state index in [2.05, 4.69) is 15.6 Å². The van der Waals surface area contributed by atoms with Gasteiger partial charge in [-0.15, -0.1) is 0 Å². The minimum absolute atomic E-state index is 0.0983. The normalized spacial score (nSPS) is 14.8. The fourth-order valence-electron chi connectivity index (χ4n) is 3.60. The Morgan fingerprint density at radius 3 is 2.46 bits per heavy atom. The van der Waals surface area contributed by atoms with E-state index in [-0.39, 0.29) is 23.6 Å². The number of anilines is 2. The van der Waals surface area contributed by atoms with Crippen molar-refractivity contribution in [3.63, 3.8) is 0 Å². The molecule has 28 heavy (non-hydrogen) atoms. The molecule has 0 aliphatic carbocycles. The minimum atomic E-state index is -0.546. The molecule has 150 valence electrons. The number of aromatic nitrogens is 2. The Kier molecular flexibility index (Phi) is 5.53. The fraction of sp³-hybridized carbons (Fsp3) is 0.474. The molecule has 9 heteroatoms. The third kappa shape index (κ3) is 3.78. The first-order chi connectivity index (χ1) is 13.3. The number of likely N-dealkylation sites (tertiary alicyclic amines) is 1. The Bertz CT molecular complexity index is 928. The first-order valence-corrected chi connectivity index (χ1v) is 9.18. The number of ether oxygens (including phenoxy) is 1. The van der Waals surface area contributed by atoms with Gasteiger partial charge in [-0.3, -0.25) is 9.59 Å². The van der Waals surface area contributed by atoms with Gasteiger partial charge in [0, 0.05) is 45.4 Å². The quantitative estimate of drug-likeness (QED) is 0.774. The second-order valence-electron chi connectivity index (χ2n) is 6.98. The van der Waals surface area contributed by atoms with Crippen LogP contribution in [0.3, 0.4) is 0 Å². The van der Waals surface area contributed by atoms with Crippen molar-refractivity contribution in [1.82, 2.24) is 14.5 Å². The number of rotatable bonds is 4. The Balaban J connectivity index is 1.91. The summed E-state index contributed by atoms with van der Waals surface area (Å²) in [4.78, 5) is 41.7. The summed E-state index contributed by atoms with van der Waals surface area (Å²) in [5, 5.41) is 6.83. The maximum Gasteiger partial charge on any atom is 0.356 e.